The Balaban J connectivity index is 2.10. The van der Waals surface area contributed by atoms with Crippen molar-refractivity contribution in [3.63, 3.8) is 0 Å². The first-order chi connectivity index (χ1) is 9.58. The topological polar surface area (TPSA) is 41.1 Å². The van der Waals surface area contributed by atoms with Gasteiger partial charge in [-0.1, -0.05) is 44.2 Å². The molecule has 3 nitrogen and oxygen atoms in total. The van der Waals surface area contributed by atoms with Crippen LogP contribution in [0.2, 0.25) is 0 Å². The fraction of sp³-hybridized carbons (Fsp3) is 0.588. The second-order valence-electron chi connectivity index (χ2n) is 5.84. The zero-order chi connectivity index (χ0) is 14.8. The number of amides is 1. The lowest BCUT2D eigenvalue weighted by atomic mass is 10.1. The van der Waals surface area contributed by atoms with E-state index >= 15 is 0 Å². The van der Waals surface area contributed by atoms with E-state index < -0.39 is 0 Å². The van der Waals surface area contributed by atoms with Gasteiger partial charge in [-0.05, 0) is 37.7 Å². The Hall–Kier alpha value is -1.35. The van der Waals surface area contributed by atoms with Crippen molar-refractivity contribution >= 4 is 5.91 Å². The maximum atomic E-state index is 11.6. The molecule has 20 heavy (non-hydrogen) atoms. The summed E-state index contributed by atoms with van der Waals surface area (Å²) in [5.74, 6) is 0.727. The lowest BCUT2D eigenvalue weighted by molar-refractivity contribution is -0.120. The SMILES string of the molecule is CC(C)CCNC(=O)CNC(C)CCc1ccccc1. The first-order valence-corrected chi connectivity index (χ1v) is 7.62. The molecular weight excluding hydrogens is 248 g/mol. The predicted molar refractivity (Wildman–Crippen MR) is 84.7 cm³/mol. The molecule has 1 unspecified atom stereocenters. The Labute approximate surface area is 123 Å². The molecule has 0 fully saturated rings. The highest BCUT2D eigenvalue weighted by atomic mass is 16.1. The van der Waals surface area contributed by atoms with Crippen molar-refractivity contribution < 1.29 is 4.79 Å². The van der Waals surface area contributed by atoms with Gasteiger partial charge in [0.1, 0.15) is 0 Å². The van der Waals surface area contributed by atoms with E-state index in [1.165, 1.54) is 5.56 Å². The molecule has 1 atom stereocenters. The van der Waals surface area contributed by atoms with Gasteiger partial charge in [-0.3, -0.25) is 4.79 Å². The Morgan fingerprint density at radius 1 is 1.10 bits per heavy atom. The van der Waals surface area contributed by atoms with Crippen LogP contribution in [-0.4, -0.2) is 25.0 Å². The summed E-state index contributed by atoms with van der Waals surface area (Å²) in [7, 11) is 0. The van der Waals surface area contributed by atoms with Crippen LogP contribution in [0.25, 0.3) is 0 Å². The molecule has 0 aliphatic rings. The standard InChI is InChI=1S/C17H28N2O/c1-14(2)11-12-18-17(20)13-19-15(3)9-10-16-7-5-4-6-8-16/h4-8,14-15,19H,9-13H2,1-3H3,(H,18,20). The van der Waals surface area contributed by atoms with Crippen LogP contribution in [0.1, 0.15) is 39.2 Å². The molecule has 1 rings (SSSR count). The van der Waals surface area contributed by atoms with Gasteiger partial charge in [0, 0.05) is 12.6 Å². The summed E-state index contributed by atoms with van der Waals surface area (Å²) in [5.41, 5.74) is 1.35. The molecule has 0 saturated carbocycles. The third-order valence-electron chi connectivity index (χ3n) is 3.36. The van der Waals surface area contributed by atoms with Gasteiger partial charge < -0.3 is 10.6 Å². The summed E-state index contributed by atoms with van der Waals surface area (Å²) < 4.78 is 0. The first-order valence-electron chi connectivity index (χ1n) is 7.62. The normalized spacial score (nSPS) is 12.4. The molecule has 0 aliphatic heterocycles. The average molecular weight is 276 g/mol. The minimum atomic E-state index is 0.0946. The minimum Gasteiger partial charge on any atom is -0.355 e. The predicted octanol–water partition coefficient (Wildman–Crippen LogP) is 2.76. The van der Waals surface area contributed by atoms with Crippen molar-refractivity contribution in [3.05, 3.63) is 35.9 Å². The van der Waals surface area contributed by atoms with Gasteiger partial charge in [0.25, 0.3) is 0 Å². The zero-order valence-corrected chi connectivity index (χ0v) is 13.0. The molecule has 2 N–H and O–H groups in total. The lowest BCUT2D eigenvalue weighted by Crippen LogP contribution is -2.38. The molecule has 0 spiro atoms. The van der Waals surface area contributed by atoms with Crippen LogP contribution in [0.15, 0.2) is 30.3 Å². The number of hydrogen-bond donors (Lipinski definition) is 2. The fourth-order valence-electron chi connectivity index (χ4n) is 1.96. The summed E-state index contributed by atoms with van der Waals surface area (Å²) in [6.07, 6.45) is 3.13. The number of rotatable bonds is 9. The van der Waals surface area contributed by atoms with E-state index in [0.29, 0.717) is 18.5 Å². The van der Waals surface area contributed by atoms with Crippen LogP contribution in [0.4, 0.5) is 0 Å². The number of carbonyl (C=O) groups is 1. The largest absolute Gasteiger partial charge is 0.355 e. The molecule has 0 bridgehead atoms. The van der Waals surface area contributed by atoms with E-state index in [1.807, 2.05) is 6.07 Å². The van der Waals surface area contributed by atoms with Crippen LogP contribution in [-0.2, 0) is 11.2 Å². The van der Waals surface area contributed by atoms with Gasteiger partial charge in [-0.2, -0.15) is 0 Å². The molecule has 1 aromatic rings. The second kappa shape index (κ2) is 9.54. The van der Waals surface area contributed by atoms with Crippen molar-refractivity contribution in [2.24, 2.45) is 5.92 Å². The zero-order valence-electron chi connectivity index (χ0n) is 13.0. The fourth-order valence-corrected chi connectivity index (χ4v) is 1.96. The van der Waals surface area contributed by atoms with Gasteiger partial charge in [-0.15, -0.1) is 0 Å². The highest BCUT2D eigenvalue weighted by Crippen LogP contribution is 2.04. The second-order valence-corrected chi connectivity index (χ2v) is 5.84. The van der Waals surface area contributed by atoms with E-state index in [4.69, 9.17) is 0 Å². The summed E-state index contributed by atoms with van der Waals surface area (Å²) >= 11 is 0. The maximum Gasteiger partial charge on any atom is 0.233 e. The molecule has 0 heterocycles. The molecule has 1 amide bonds. The van der Waals surface area contributed by atoms with Gasteiger partial charge in [0.2, 0.25) is 5.91 Å². The maximum absolute atomic E-state index is 11.6. The number of hydrogen-bond acceptors (Lipinski definition) is 2. The summed E-state index contributed by atoms with van der Waals surface area (Å²) in [6, 6.07) is 10.8. The van der Waals surface area contributed by atoms with Gasteiger partial charge >= 0.3 is 0 Å². The molecule has 3 heteroatoms. The average Bonchev–Trinajstić information content (AvgIpc) is 2.43. The van der Waals surface area contributed by atoms with Crippen LogP contribution < -0.4 is 10.6 Å². The van der Waals surface area contributed by atoms with Crippen molar-refractivity contribution in [2.45, 2.75) is 46.1 Å². The van der Waals surface area contributed by atoms with E-state index in [9.17, 15) is 4.79 Å². The summed E-state index contributed by atoms with van der Waals surface area (Å²) in [6.45, 7) is 7.64. The van der Waals surface area contributed by atoms with Crippen molar-refractivity contribution in [1.82, 2.24) is 10.6 Å². The highest BCUT2D eigenvalue weighted by Gasteiger charge is 2.06. The van der Waals surface area contributed by atoms with E-state index in [0.717, 1.165) is 25.8 Å². The first kappa shape index (κ1) is 16.7. The minimum absolute atomic E-state index is 0.0946. The smallest absolute Gasteiger partial charge is 0.233 e. The quantitative estimate of drug-likeness (QED) is 0.728. The van der Waals surface area contributed by atoms with Crippen molar-refractivity contribution in [2.75, 3.05) is 13.1 Å². The molecular formula is C17H28N2O. The number of aryl methyl sites for hydroxylation is 1. The Morgan fingerprint density at radius 3 is 2.45 bits per heavy atom. The number of benzene rings is 1. The van der Waals surface area contributed by atoms with Gasteiger partial charge in [-0.25, -0.2) is 0 Å². The number of carbonyl (C=O) groups excluding carboxylic acids is 1. The Kier molecular flexibility index (Phi) is 7.97. The Morgan fingerprint density at radius 2 is 1.80 bits per heavy atom. The van der Waals surface area contributed by atoms with Crippen LogP contribution in [0.5, 0.6) is 0 Å². The van der Waals surface area contributed by atoms with Crippen molar-refractivity contribution in [1.29, 1.82) is 0 Å². The summed E-state index contributed by atoms with van der Waals surface area (Å²) in [5, 5.41) is 6.22. The highest BCUT2D eigenvalue weighted by molar-refractivity contribution is 5.77. The van der Waals surface area contributed by atoms with E-state index in [2.05, 4.69) is 55.7 Å². The van der Waals surface area contributed by atoms with Crippen LogP contribution >= 0.6 is 0 Å². The van der Waals surface area contributed by atoms with E-state index in [-0.39, 0.29) is 5.91 Å². The molecule has 0 aliphatic carbocycles. The molecule has 0 saturated heterocycles. The third kappa shape index (κ3) is 7.95. The monoisotopic (exact) mass is 276 g/mol. The van der Waals surface area contributed by atoms with Crippen LogP contribution in [0, 0.1) is 5.92 Å². The third-order valence-corrected chi connectivity index (χ3v) is 3.36. The van der Waals surface area contributed by atoms with Crippen molar-refractivity contribution in [3.8, 4) is 0 Å². The number of nitrogens with one attached hydrogen (secondary N) is 2. The molecule has 1 aromatic carbocycles. The van der Waals surface area contributed by atoms with Gasteiger partial charge in [0.15, 0.2) is 0 Å². The summed E-state index contributed by atoms with van der Waals surface area (Å²) in [4.78, 5) is 11.6. The molecule has 0 radical (unpaired) electrons. The lowest BCUT2D eigenvalue weighted by Gasteiger charge is -2.14. The molecule has 112 valence electrons. The van der Waals surface area contributed by atoms with Crippen LogP contribution in [0.3, 0.4) is 0 Å². The molecule has 0 aromatic heterocycles. The Bertz CT molecular complexity index is 376. The van der Waals surface area contributed by atoms with Gasteiger partial charge in [0.05, 0.1) is 6.54 Å². The van der Waals surface area contributed by atoms with E-state index in [1.54, 1.807) is 0 Å².